The van der Waals surface area contributed by atoms with E-state index >= 15 is 0 Å². The summed E-state index contributed by atoms with van der Waals surface area (Å²) >= 11 is 6.05. The van der Waals surface area contributed by atoms with Crippen LogP contribution in [0.3, 0.4) is 0 Å². The van der Waals surface area contributed by atoms with Gasteiger partial charge in [0.25, 0.3) is 11.8 Å². The van der Waals surface area contributed by atoms with Crippen LogP contribution in [0.5, 0.6) is 11.5 Å². The van der Waals surface area contributed by atoms with Crippen LogP contribution < -0.4 is 19.7 Å². The van der Waals surface area contributed by atoms with Crippen LogP contribution in [0.2, 0.25) is 5.02 Å². The summed E-state index contributed by atoms with van der Waals surface area (Å²) in [5.74, 6) is -1.45. The zero-order valence-corrected chi connectivity index (χ0v) is 23.0. The van der Waals surface area contributed by atoms with Crippen molar-refractivity contribution in [1.29, 1.82) is 0 Å². The highest BCUT2D eigenvalue weighted by atomic mass is 35.5. The fraction of sp³-hybridized carbons (Fsp3) is 0.129. The summed E-state index contributed by atoms with van der Waals surface area (Å²) in [6.07, 6.45) is -3.56. The fourth-order valence-electron chi connectivity index (χ4n) is 4.58. The van der Waals surface area contributed by atoms with Crippen LogP contribution >= 0.6 is 11.6 Å². The van der Waals surface area contributed by atoms with Gasteiger partial charge in [-0.3, -0.25) is 14.9 Å². The Morgan fingerprint density at radius 1 is 0.952 bits per heavy atom. The third-order valence-electron chi connectivity index (χ3n) is 6.76. The van der Waals surface area contributed by atoms with Gasteiger partial charge in [0.05, 0.1) is 23.4 Å². The first-order chi connectivity index (χ1) is 20.0. The number of benzene rings is 4. The molecule has 0 bridgehead atoms. The second-order valence-corrected chi connectivity index (χ2v) is 9.81. The molecule has 0 spiro atoms. The lowest BCUT2D eigenvalue weighted by Gasteiger charge is -2.27. The van der Waals surface area contributed by atoms with Crippen molar-refractivity contribution in [1.82, 2.24) is 5.32 Å². The van der Waals surface area contributed by atoms with E-state index in [0.717, 1.165) is 34.0 Å². The van der Waals surface area contributed by atoms with E-state index in [1.54, 1.807) is 12.1 Å². The number of nitrogens with one attached hydrogen (secondary N) is 1. The molecule has 0 aliphatic carbocycles. The first-order valence-electron chi connectivity index (χ1n) is 12.5. The number of hydrogen-bond donors (Lipinski definition) is 1. The Morgan fingerprint density at radius 3 is 2.45 bits per heavy atom. The summed E-state index contributed by atoms with van der Waals surface area (Å²) in [5.41, 5.74) is 0.259. The molecule has 1 fully saturated rings. The zero-order chi connectivity index (χ0) is 30.2. The molecule has 0 aromatic heterocycles. The Bertz CT molecular complexity index is 1780. The quantitative estimate of drug-likeness (QED) is 0.191. The minimum atomic E-state index is -4.75. The molecule has 1 aliphatic rings. The molecule has 214 valence electrons. The van der Waals surface area contributed by atoms with Crippen molar-refractivity contribution in [3.63, 3.8) is 0 Å². The molecule has 1 aliphatic heterocycles. The van der Waals surface area contributed by atoms with Gasteiger partial charge in [-0.25, -0.2) is 9.69 Å². The lowest BCUT2D eigenvalue weighted by Crippen LogP contribution is -2.54. The van der Waals surface area contributed by atoms with Crippen molar-refractivity contribution < 1.29 is 37.0 Å². The summed E-state index contributed by atoms with van der Waals surface area (Å²) in [7, 11) is 1.43. The molecule has 1 N–H and O–H groups in total. The Kier molecular flexibility index (Phi) is 7.66. The third-order valence-corrected chi connectivity index (χ3v) is 7.08. The fourth-order valence-corrected chi connectivity index (χ4v) is 4.78. The number of barbiturate groups is 1. The van der Waals surface area contributed by atoms with Crippen LogP contribution in [0.4, 0.5) is 23.7 Å². The van der Waals surface area contributed by atoms with E-state index in [1.807, 2.05) is 48.6 Å². The Labute approximate surface area is 243 Å². The van der Waals surface area contributed by atoms with E-state index in [1.165, 1.54) is 19.3 Å². The molecule has 5 rings (SSSR count). The number of ether oxygens (including phenoxy) is 2. The standard InChI is InChI=1S/C31H22ClF3N2O5/c1-17-7-9-19-5-3-4-6-21(19)23(17)16-42-26-12-8-18(14-27(26)41-2)13-22-28(38)36-30(40)37(29(22)39)25-15-20(31(33,34)35)10-11-24(25)32/h3-15H,16H2,1-2H3,(H,36,38,40)/b22-13-. The highest BCUT2D eigenvalue weighted by Crippen LogP contribution is 2.37. The maximum absolute atomic E-state index is 13.3. The normalized spacial score (nSPS) is 14.9. The van der Waals surface area contributed by atoms with E-state index in [9.17, 15) is 27.6 Å². The largest absolute Gasteiger partial charge is 0.493 e. The molecule has 1 saturated heterocycles. The number of alkyl halides is 3. The number of methoxy groups -OCH3 is 1. The zero-order valence-electron chi connectivity index (χ0n) is 22.2. The SMILES string of the molecule is COc1cc(/C=C2/C(=O)NC(=O)N(c3cc(C(F)(F)F)ccc3Cl)C2=O)ccc1OCc1c(C)ccc2ccccc12. The highest BCUT2D eigenvalue weighted by Gasteiger charge is 2.39. The molecule has 7 nitrogen and oxygen atoms in total. The van der Waals surface area contributed by atoms with E-state index in [-0.39, 0.29) is 11.6 Å². The van der Waals surface area contributed by atoms with Gasteiger partial charge in [-0.15, -0.1) is 0 Å². The second kappa shape index (κ2) is 11.2. The molecule has 4 amide bonds. The van der Waals surface area contributed by atoms with Gasteiger partial charge in [-0.05, 0) is 65.2 Å². The van der Waals surface area contributed by atoms with Crippen molar-refractivity contribution in [2.45, 2.75) is 19.7 Å². The molecule has 11 heteroatoms. The minimum absolute atomic E-state index is 0.250. The molecule has 4 aromatic carbocycles. The van der Waals surface area contributed by atoms with Crippen molar-refractivity contribution >= 4 is 52.0 Å². The smallest absolute Gasteiger partial charge is 0.416 e. The molecule has 42 heavy (non-hydrogen) atoms. The van der Waals surface area contributed by atoms with Crippen LogP contribution in [0.15, 0.2) is 78.4 Å². The molecular formula is C31H22ClF3N2O5. The number of urea groups is 1. The molecule has 0 unspecified atom stereocenters. The molecule has 0 radical (unpaired) electrons. The van der Waals surface area contributed by atoms with Crippen LogP contribution in [-0.4, -0.2) is 25.0 Å². The van der Waals surface area contributed by atoms with Gasteiger partial charge in [0.2, 0.25) is 0 Å². The summed E-state index contributed by atoms with van der Waals surface area (Å²) in [5, 5.41) is 3.82. The average molecular weight is 595 g/mol. The second-order valence-electron chi connectivity index (χ2n) is 9.40. The van der Waals surface area contributed by atoms with Crippen LogP contribution in [0.1, 0.15) is 22.3 Å². The lowest BCUT2D eigenvalue weighted by molar-refractivity contribution is -0.137. The van der Waals surface area contributed by atoms with Gasteiger partial charge in [-0.1, -0.05) is 54.1 Å². The first-order valence-corrected chi connectivity index (χ1v) is 12.9. The Balaban J connectivity index is 1.44. The van der Waals surface area contributed by atoms with Crippen LogP contribution in [0, 0.1) is 6.92 Å². The average Bonchev–Trinajstić information content (AvgIpc) is 2.95. The molecule has 4 aromatic rings. The molecule has 1 heterocycles. The third kappa shape index (κ3) is 5.53. The predicted molar refractivity (Wildman–Crippen MR) is 151 cm³/mol. The number of anilines is 1. The predicted octanol–water partition coefficient (Wildman–Crippen LogP) is 7.07. The number of carbonyl (C=O) groups is 3. The number of amides is 4. The lowest BCUT2D eigenvalue weighted by atomic mass is 10.0. The summed E-state index contributed by atoms with van der Waals surface area (Å²) in [6.45, 7) is 2.24. The molecular weight excluding hydrogens is 573 g/mol. The monoisotopic (exact) mass is 594 g/mol. The van der Waals surface area contributed by atoms with Gasteiger partial charge in [-0.2, -0.15) is 13.2 Å². The molecule has 0 atom stereocenters. The van der Waals surface area contributed by atoms with E-state index in [2.05, 4.69) is 0 Å². The van der Waals surface area contributed by atoms with E-state index in [0.29, 0.717) is 28.0 Å². The molecule has 0 saturated carbocycles. The van der Waals surface area contributed by atoms with Crippen molar-refractivity contribution in [3.8, 4) is 11.5 Å². The van der Waals surface area contributed by atoms with Crippen LogP contribution in [0.25, 0.3) is 16.8 Å². The number of halogens is 4. The van der Waals surface area contributed by atoms with E-state index < -0.39 is 40.8 Å². The van der Waals surface area contributed by atoms with Gasteiger partial charge in [0, 0.05) is 5.56 Å². The summed E-state index contributed by atoms with van der Waals surface area (Å²) in [4.78, 5) is 38.8. The summed E-state index contributed by atoms with van der Waals surface area (Å²) in [6, 6.07) is 17.7. The number of imide groups is 2. The van der Waals surface area contributed by atoms with Crippen molar-refractivity contribution in [2.75, 3.05) is 12.0 Å². The number of rotatable bonds is 6. The number of hydrogen-bond acceptors (Lipinski definition) is 5. The van der Waals surface area contributed by atoms with Gasteiger partial charge in [0.1, 0.15) is 12.2 Å². The van der Waals surface area contributed by atoms with Gasteiger partial charge < -0.3 is 9.47 Å². The topological polar surface area (TPSA) is 84.9 Å². The van der Waals surface area contributed by atoms with E-state index in [4.69, 9.17) is 21.1 Å². The van der Waals surface area contributed by atoms with Crippen molar-refractivity contribution in [3.05, 3.63) is 106 Å². The summed E-state index contributed by atoms with van der Waals surface area (Å²) < 4.78 is 51.4. The number of fused-ring (bicyclic) bond motifs is 1. The maximum atomic E-state index is 13.3. The van der Waals surface area contributed by atoms with Gasteiger partial charge in [0.15, 0.2) is 11.5 Å². The van der Waals surface area contributed by atoms with Crippen molar-refractivity contribution in [2.24, 2.45) is 0 Å². The maximum Gasteiger partial charge on any atom is 0.416 e. The van der Waals surface area contributed by atoms with Gasteiger partial charge >= 0.3 is 12.2 Å². The number of nitrogens with zero attached hydrogens (tertiary/aromatic N) is 1. The Morgan fingerprint density at radius 2 is 1.71 bits per heavy atom. The highest BCUT2D eigenvalue weighted by molar-refractivity contribution is 6.42. The first kappa shape index (κ1) is 28.7. The minimum Gasteiger partial charge on any atom is -0.493 e. The Hall–Kier alpha value is -4.83. The number of aryl methyl sites for hydroxylation is 1. The van der Waals surface area contributed by atoms with Crippen LogP contribution in [-0.2, 0) is 22.4 Å². The number of carbonyl (C=O) groups excluding carboxylic acids is 3.